The van der Waals surface area contributed by atoms with Crippen molar-refractivity contribution in [3.63, 3.8) is 0 Å². The quantitative estimate of drug-likeness (QED) is 0.176. The van der Waals surface area contributed by atoms with Crippen molar-refractivity contribution in [3.05, 3.63) is 182 Å². The summed E-state index contributed by atoms with van der Waals surface area (Å²) in [7, 11) is 6.52. The van der Waals surface area contributed by atoms with E-state index in [2.05, 4.69) is 150 Å². The van der Waals surface area contributed by atoms with Crippen LogP contribution in [-0.2, 0) is 0 Å². The highest BCUT2D eigenvalue weighted by molar-refractivity contribution is 6.36. The molecule has 0 aliphatic rings. The Hall–Kier alpha value is -5.60. The van der Waals surface area contributed by atoms with E-state index in [-0.39, 0.29) is 0 Å². The molecule has 0 amide bonds. The second-order valence-electron chi connectivity index (χ2n) is 10.9. The molecule has 0 N–H and O–H groups in total. The Balaban J connectivity index is 1.31. The molecule has 7 rings (SSSR count). The molecule has 7 aromatic carbocycles. The highest BCUT2D eigenvalue weighted by Crippen LogP contribution is 2.38. The van der Waals surface area contributed by atoms with Gasteiger partial charge >= 0.3 is 0 Å². The van der Waals surface area contributed by atoms with E-state index in [1.165, 1.54) is 27.8 Å². The van der Waals surface area contributed by atoms with E-state index in [4.69, 9.17) is 7.85 Å². The first-order chi connectivity index (χ1) is 21.7. The average molecular weight is 560 g/mol. The summed E-state index contributed by atoms with van der Waals surface area (Å²) in [4.78, 5) is 2.31. The van der Waals surface area contributed by atoms with Crippen LogP contribution in [0.15, 0.2) is 182 Å². The fourth-order valence-electron chi connectivity index (χ4n) is 5.74. The summed E-state index contributed by atoms with van der Waals surface area (Å²) in [5.74, 6) is 0. The molecule has 0 spiro atoms. The molecule has 0 aromatic heterocycles. The molecular formula is C42H30BN. The molecule has 0 atom stereocenters. The van der Waals surface area contributed by atoms with Crippen LogP contribution in [0.5, 0.6) is 0 Å². The van der Waals surface area contributed by atoms with Crippen LogP contribution in [0.1, 0.15) is 0 Å². The molecule has 0 heterocycles. The molecule has 0 bridgehead atoms. The van der Waals surface area contributed by atoms with E-state index in [0.717, 1.165) is 39.2 Å². The van der Waals surface area contributed by atoms with Gasteiger partial charge in [-0.05, 0) is 80.9 Å². The van der Waals surface area contributed by atoms with Crippen molar-refractivity contribution in [1.29, 1.82) is 0 Å². The summed E-state index contributed by atoms with van der Waals surface area (Å²) in [6, 6.07) is 64.0. The molecule has 1 nitrogen and oxygen atoms in total. The maximum Gasteiger partial charge on any atom is 0.114 e. The van der Waals surface area contributed by atoms with Crippen molar-refractivity contribution in [3.8, 4) is 44.5 Å². The van der Waals surface area contributed by atoms with Crippen LogP contribution in [0, 0.1) is 0 Å². The van der Waals surface area contributed by atoms with E-state index >= 15 is 0 Å². The third-order valence-corrected chi connectivity index (χ3v) is 8.04. The van der Waals surface area contributed by atoms with E-state index < -0.39 is 0 Å². The normalized spacial score (nSPS) is 10.8. The lowest BCUT2D eigenvalue weighted by Crippen LogP contribution is -2.13. The third-order valence-electron chi connectivity index (χ3n) is 8.04. The predicted molar refractivity (Wildman–Crippen MR) is 188 cm³/mol. The van der Waals surface area contributed by atoms with Gasteiger partial charge in [-0.1, -0.05) is 151 Å². The van der Waals surface area contributed by atoms with E-state index in [1.807, 2.05) is 36.4 Å². The third kappa shape index (κ3) is 5.71. The minimum absolute atomic E-state index is 0.756. The molecule has 44 heavy (non-hydrogen) atoms. The Morgan fingerprint density at radius 2 is 0.705 bits per heavy atom. The number of hydrogen-bond donors (Lipinski definition) is 0. The minimum atomic E-state index is 0.756. The summed E-state index contributed by atoms with van der Waals surface area (Å²) >= 11 is 0. The van der Waals surface area contributed by atoms with Gasteiger partial charge in [0.2, 0.25) is 0 Å². The van der Waals surface area contributed by atoms with Gasteiger partial charge in [0.05, 0.1) is 0 Å². The van der Waals surface area contributed by atoms with E-state index in [1.54, 1.807) is 0 Å². The molecular weight excluding hydrogens is 529 g/mol. The molecule has 2 radical (unpaired) electrons. The largest absolute Gasteiger partial charge is 0.310 e. The zero-order valence-corrected chi connectivity index (χ0v) is 24.3. The van der Waals surface area contributed by atoms with Gasteiger partial charge in [-0.3, -0.25) is 0 Å². The maximum absolute atomic E-state index is 6.52. The van der Waals surface area contributed by atoms with Gasteiger partial charge in [-0.2, -0.15) is 0 Å². The summed E-state index contributed by atoms with van der Waals surface area (Å²) in [6.07, 6.45) is 0. The fourth-order valence-corrected chi connectivity index (χ4v) is 5.74. The van der Waals surface area contributed by atoms with Crippen LogP contribution in [0.2, 0.25) is 0 Å². The first-order valence-corrected chi connectivity index (χ1v) is 14.9. The Morgan fingerprint density at radius 3 is 1.27 bits per heavy atom. The smallest absolute Gasteiger partial charge is 0.114 e. The molecule has 206 valence electrons. The summed E-state index contributed by atoms with van der Waals surface area (Å²) in [5.41, 5.74) is 13.2. The van der Waals surface area contributed by atoms with Crippen molar-refractivity contribution in [1.82, 2.24) is 0 Å². The Morgan fingerprint density at radius 1 is 0.295 bits per heavy atom. The summed E-state index contributed by atoms with van der Waals surface area (Å²) in [6.45, 7) is 0. The lowest BCUT2D eigenvalue weighted by atomic mass is 9.86. The van der Waals surface area contributed by atoms with Crippen molar-refractivity contribution in [2.45, 2.75) is 0 Å². The van der Waals surface area contributed by atoms with E-state index in [9.17, 15) is 0 Å². The number of hydrogen-bond acceptors (Lipinski definition) is 1. The van der Waals surface area contributed by atoms with Gasteiger partial charge in [0.1, 0.15) is 7.85 Å². The summed E-state index contributed by atoms with van der Waals surface area (Å²) in [5, 5.41) is 0. The highest BCUT2D eigenvalue weighted by atomic mass is 15.1. The molecule has 2 heteroatoms. The average Bonchev–Trinajstić information content (AvgIpc) is 3.11. The van der Waals surface area contributed by atoms with Gasteiger partial charge < -0.3 is 4.90 Å². The zero-order chi connectivity index (χ0) is 29.7. The van der Waals surface area contributed by atoms with Crippen molar-refractivity contribution in [2.75, 3.05) is 4.90 Å². The van der Waals surface area contributed by atoms with Crippen LogP contribution in [0.25, 0.3) is 44.5 Å². The monoisotopic (exact) mass is 559 g/mol. The maximum atomic E-state index is 6.52. The van der Waals surface area contributed by atoms with Gasteiger partial charge in [0, 0.05) is 17.1 Å². The second-order valence-corrected chi connectivity index (χ2v) is 10.9. The molecule has 0 unspecified atom stereocenters. The first kappa shape index (κ1) is 27.3. The van der Waals surface area contributed by atoms with Crippen LogP contribution < -0.4 is 10.4 Å². The summed E-state index contributed by atoms with van der Waals surface area (Å²) < 4.78 is 0. The van der Waals surface area contributed by atoms with Gasteiger partial charge in [0.25, 0.3) is 0 Å². The second kappa shape index (κ2) is 12.3. The molecule has 0 aliphatic heterocycles. The molecule has 0 aliphatic carbocycles. The molecule has 0 fully saturated rings. The van der Waals surface area contributed by atoms with Crippen LogP contribution in [-0.4, -0.2) is 7.85 Å². The van der Waals surface area contributed by atoms with Gasteiger partial charge in [-0.25, -0.2) is 0 Å². The topological polar surface area (TPSA) is 3.24 Å². The predicted octanol–water partition coefficient (Wildman–Crippen LogP) is 10.6. The highest BCUT2D eigenvalue weighted by Gasteiger charge is 2.16. The zero-order valence-electron chi connectivity index (χ0n) is 24.3. The van der Waals surface area contributed by atoms with Gasteiger partial charge in [-0.15, -0.1) is 0 Å². The number of anilines is 3. The van der Waals surface area contributed by atoms with Crippen LogP contribution >= 0.6 is 0 Å². The van der Waals surface area contributed by atoms with Gasteiger partial charge in [0.15, 0.2) is 0 Å². The number of nitrogens with zero attached hydrogens (tertiary/aromatic N) is 1. The standard InChI is InChI=1S/C42H30BN/c43-42-28-27-40(30-41(42)36-15-8-3-9-16-36)44(38-25-23-34(24-26-38)32-13-6-2-7-14-32)39-18-10-17-37(29-39)35-21-19-33(20-22-35)31-11-4-1-5-12-31/h1-30H. The van der Waals surface area contributed by atoms with Crippen molar-refractivity contribution < 1.29 is 0 Å². The Labute approximate surface area is 261 Å². The first-order valence-electron chi connectivity index (χ1n) is 14.9. The van der Waals surface area contributed by atoms with E-state index in [0.29, 0.717) is 0 Å². The Bertz CT molecular complexity index is 1980. The minimum Gasteiger partial charge on any atom is -0.310 e. The number of rotatable bonds is 7. The van der Waals surface area contributed by atoms with Crippen molar-refractivity contribution in [2.24, 2.45) is 0 Å². The lowest BCUT2D eigenvalue weighted by Gasteiger charge is -2.27. The lowest BCUT2D eigenvalue weighted by molar-refractivity contribution is 1.29. The fraction of sp³-hybridized carbons (Fsp3) is 0. The number of benzene rings is 7. The SMILES string of the molecule is [B]c1ccc(N(c2ccc(-c3ccccc3)cc2)c2cccc(-c3ccc(-c4ccccc4)cc3)c2)cc1-c1ccccc1. The van der Waals surface area contributed by atoms with Crippen molar-refractivity contribution >= 4 is 30.4 Å². The molecule has 7 aromatic rings. The Kier molecular flexibility index (Phi) is 7.64. The molecule has 0 saturated heterocycles. The van der Waals surface area contributed by atoms with Crippen LogP contribution in [0.4, 0.5) is 17.1 Å². The molecule has 0 saturated carbocycles. The van der Waals surface area contributed by atoms with Crippen LogP contribution in [0.3, 0.4) is 0 Å².